The third kappa shape index (κ3) is 7.60. The van der Waals surface area contributed by atoms with Gasteiger partial charge in [0.15, 0.2) is 23.2 Å². The summed E-state index contributed by atoms with van der Waals surface area (Å²) in [5.41, 5.74) is -0.734. The zero-order valence-electron chi connectivity index (χ0n) is 23.7. The van der Waals surface area contributed by atoms with E-state index >= 15 is 0 Å². The lowest BCUT2D eigenvalue weighted by Gasteiger charge is -2.38. The molecule has 2 unspecified atom stereocenters. The van der Waals surface area contributed by atoms with Crippen LogP contribution in [0.15, 0.2) is 42.6 Å². The lowest BCUT2D eigenvalue weighted by molar-refractivity contribution is -0.140. The maximum atomic E-state index is 14.4. The van der Waals surface area contributed by atoms with Gasteiger partial charge in [0, 0.05) is 0 Å². The zero-order valence-corrected chi connectivity index (χ0v) is 24.5. The van der Waals surface area contributed by atoms with Gasteiger partial charge in [-0.3, -0.25) is 9.59 Å². The summed E-state index contributed by atoms with van der Waals surface area (Å²) in [7, 11) is -3.90. The highest BCUT2D eigenvalue weighted by atomic mass is 32.2. The lowest BCUT2D eigenvalue weighted by Crippen LogP contribution is -2.50. The van der Waals surface area contributed by atoms with Crippen LogP contribution < -0.4 is 9.46 Å². The van der Waals surface area contributed by atoms with E-state index in [4.69, 9.17) is 4.74 Å². The number of rotatable bonds is 13. The molecule has 1 fully saturated rings. The van der Waals surface area contributed by atoms with Gasteiger partial charge in [-0.15, -0.1) is 5.10 Å². The standard InChI is InChI=1S/C29H33F3N4O6S/c1-18-13-21(30)27(32)28(26(18)31)42-16-23(37)22(14-25(38)39)36-15-24(33-35-36)29(2,20-11-7-4-8-12-20)34-43(40,41)17-19-9-5-3-6-10-19/h3,5-6,9-10,13,15,20,22,34H,4,7-8,11-12,14,16-17H2,1-2H3,(H,38,39). The highest BCUT2D eigenvalue weighted by molar-refractivity contribution is 7.88. The Kier molecular flexibility index (Phi) is 9.90. The Morgan fingerprint density at radius 3 is 2.47 bits per heavy atom. The number of nitrogens with one attached hydrogen (secondary N) is 1. The number of carboxylic acids is 1. The van der Waals surface area contributed by atoms with Gasteiger partial charge in [0.2, 0.25) is 15.8 Å². The van der Waals surface area contributed by atoms with Crippen LogP contribution >= 0.6 is 0 Å². The van der Waals surface area contributed by atoms with Crippen molar-refractivity contribution in [3.63, 3.8) is 0 Å². The van der Waals surface area contributed by atoms with Crippen molar-refractivity contribution in [1.29, 1.82) is 0 Å². The zero-order chi connectivity index (χ0) is 31.4. The molecule has 2 aromatic carbocycles. The van der Waals surface area contributed by atoms with Crippen molar-refractivity contribution in [3.8, 4) is 5.75 Å². The van der Waals surface area contributed by atoms with Gasteiger partial charge in [-0.25, -0.2) is 26.6 Å². The summed E-state index contributed by atoms with van der Waals surface area (Å²) in [6.45, 7) is 1.89. The number of halogens is 3. The van der Waals surface area contributed by atoms with Gasteiger partial charge in [0.1, 0.15) is 18.3 Å². The number of sulfonamides is 1. The van der Waals surface area contributed by atoms with Crippen molar-refractivity contribution in [3.05, 3.63) is 76.9 Å². The Morgan fingerprint density at radius 2 is 1.81 bits per heavy atom. The Labute approximate surface area is 247 Å². The lowest BCUT2D eigenvalue weighted by atomic mass is 9.75. The molecule has 1 aliphatic carbocycles. The average Bonchev–Trinajstić information content (AvgIpc) is 3.46. The van der Waals surface area contributed by atoms with Gasteiger partial charge in [-0.05, 0) is 49.8 Å². The number of hydrogen-bond donors (Lipinski definition) is 2. The van der Waals surface area contributed by atoms with Crippen molar-refractivity contribution in [1.82, 2.24) is 19.7 Å². The minimum atomic E-state index is -3.90. The van der Waals surface area contributed by atoms with Gasteiger partial charge in [-0.2, -0.15) is 4.39 Å². The molecule has 2 atom stereocenters. The Morgan fingerprint density at radius 1 is 1.14 bits per heavy atom. The number of carboxylic acid groups (broad SMARTS) is 1. The molecule has 0 aliphatic heterocycles. The van der Waals surface area contributed by atoms with E-state index in [0.29, 0.717) is 24.5 Å². The van der Waals surface area contributed by atoms with Gasteiger partial charge in [0.05, 0.1) is 23.9 Å². The summed E-state index contributed by atoms with van der Waals surface area (Å²) in [6.07, 6.45) is 4.67. The summed E-state index contributed by atoms with van der Waals surface area (Å²) in [4.78, 5) is 24.8. The van der Waals surface area contributed by atoms with E-state index in [9.17, 15) is 36.3 Å². The number of nitrogens with zero attached hydrogens (tertiary/aromatic N) is 3. The predicted octanol–water partition coefficient (Wildman–Crippen LogP) is 4.58. The predicted molar refractivity (Wildman–Crippen MR) is 149 cm³/mol. The first-order valence-electron chi connectivity index (χ1n) is 13.8. The molecule has 43 heavy (non-hydrogen) atoms. The highest BCUT2D eigenvalue weighted by Gasteiger charge is 2.42. The van der Waals surface area contributed by atoms with Gasteiger partial charge in [0.25, 0.3) is 0 Å². The first kappa shape index (κ1) is 32.1. The number of Topliss-reactive ketones (excluding diaryl/α,β-unsaturated/α-hetero) is 1. The number of carbonyl (C=O) groups excluding carboxylic acids is 1. The van der Waals surface area contributed by atoms with E-state index < -0.39 is 69.6 Å². The van der Waals surface area contributed by atoms with Crippen molar-refractivity contribution >= 4 is 21.8 Å². The second kappa shape index (κ2) is 13.2. The number of benzene rings is 2. The quantitative estimate of drug-likeness (QED) is 0.264. The molecule has 0 saturated heterocycles. The van der Waals surface area contributed by atoms with Crippen LogP contribution in [0.2, 0.25) is 0 Å². The van der Waals surface area contributed by atoms with E-state index in [2.05, 4.69) is 15.0 Å². The van der Waals surface area contributed by atoms with Crippen LogP contribution in [0.4, 0.5) is 13.2 Å². The highest BCUT2D eigenvalue weighted by Crippen LogP contribution is 2.39. The van der Waals surface area contributed by atoms with Crippen LogP contribution in [0.1, 0.15) is 68.3 Å². The summed E-state index contributed by atoms with van der Waals surface area (Å²) < 4.78 is 77.8. The molecule has 1 aliphatic rings. The smallest absolute Gasteiger partial charge is 0.305 e. The number of aryl methyl sites for hydroxylation is 1. The first-order chi connectivity index (χ1) is 20.3. The molecular weight excluding hydrogens is 589 g/mol. The summed E-state index contributed by atoms with van der Waals surface area (Å²) >= 11 is 0. The van der Waals surface area contributed by atoms with Crippen LogP contribution in [-0.2, 0) is 30.9 Å². The molecule has 232 valence electrons. The minimum Gasteiger partial charge on any atom is -0.481 e. The fourth-order valence-corrected chi connectivity index (χ4v) is 7.05. The van der Waals surface area contributed by atoms with Crippen molar-refractivity contribution in [2.24, 2.45) is 5.92 Å². The first-order valence-corrected chi connectivity index (χ1v) is 15.4. The molecule has 0 amide bonds. The molecule has 0 bridgehead atoms. The molecule has 10 nitrogen and oxygen atoms in total. The Bertz CT molecular complexity index is 1550. The van der Waals surface area contributed by atoms with Gasteiger partial charge in [-0.1, -0.05) is 54.8 Å². The normalized spacial score (nSPS) is 16.4. The molecule has 3 aromatic rings. The van der Waals surface area contributed by atoms with Gasteiger partial charge >= 0.3 is 5.97 Å². The third-order valence-corrected chi connectivity index (χ3v) is 9.20. The van der Waals surface area contributed by atoms with E-state index in [1.165, 1.54) is 13.1 Å². The molecule has 0 spiro atoms. The van der Waals surface area contributed by atoms with E-state index in [1.54, 1.807) is 37.3 Å². The number of aromatic nitrogens is 3. The molecule has 14 heteroatoms. The van der Waals surface area contributed by atoms with Crippen LogP contribution in [0.3, 0.4) is 0 Å². The molecule has 1 saturated carbocycles. The van der Waals surface area contributed by atoms with Crippen molar-refractivity contribution in [2.45, 2.75) is 69.7 Å². The fraction of sp³-hybridized carbons (Fsp3) is 0.448. The maximum absolute atomic E-state index is 14.4. The third-order valence-electron chi connectivity index (χ3n) is 7.75. The SMILES string of the molecule is Cc1cc(F)c(F)c(OCC(=O)C(CC(=O)O)n2cc(C(C)(NS(=O)(=O)Cc3ccccc3)C3CCCCC3)nn2)c1F. The number of ketones is 1. The number of carbonyl (C=O) groups is 2. The van der Waals surface area contributed by atoms with Crippen molar-refractivity contribution < 1.29 is 41.0 Å². The van der Waals surface area contributed by atoms with Crippen LogP contribution in [-0.4, -0.2) is 46.9 Å². The number of hydrogen-bond acceptors (Lipinski definition) is 7. The molecule has 2 N–H and O–H groups in total. The van der Waals surface area contributed by atoms with Crippen LogP contribution in [0, 0.1) is 30.3 Å². The second-order valence-electron chi connectivity index (χ2n) is 11.0. The fourth-order valence-electron chi connectivity index (χ4n) is 5.43. The van der Waals surface area contributed by atoms with Crippen LogP contribution in [0.25, 0.3) is 0 Å². The molecule has 0 radical (unpaired) electrons. The van der Waals surface area contributed by atoms with E-state index in [0.717, 1.165) is 23.9 Å². The summed E-state index contributed by atoms with van der Waals surface area (Å²) in [5.74, 6) is -8.06. The molecular formula is C29H33F3N4O6S. The van der Waals surface area contributed by atoms with Crippen molar-refractivity contribution in [2.75, 3.05) is 6.61 Å². The number of aliphatic carboxylic acids is 1. The van der Waals surface area contributed by atoms with Crippen LogP contribution in [0.5, 0.6) is 5.75 Å². The minimum absolute atomic E-state index is 0.170. The monoisotopic (exact) mass is 622 g/mol. The summed E-state index contributed by atoms with van der Waals surface area (Å²) in [6, 6.07) is 7.76. The van der Waals surface area contributed by atoms with E-state index in [-0.39, 0.29) is 22.9 Å². The number of ether oxygens (including phenoxy) is 1. The maximum Gasteiger partial charge on any atom is 0.305 e. The largest absolute Gasteiger partial charge is 0.481 e. The molecule has 1 heterocycles. The summed E-state index contributed by atoms with van der Waals surface area (Å²) in [5, 5.41) is 17.6. The second-order valence-corrected chi connectivity index (χ2v) is 12.7. The van der Waals surface area contributed by atoms with Gasteiger partial charge < -0.3 is 9.84 Å². The Hall–Kier alpha value is -3.78. The average molecular weight is 623 g/mol. The van der Waals surface area contributed by atoms with E-state index in [1.807, 2.05) is 0 Å². The Balaban J connectivity index is 1.62. The topological polar surface area (TPSA) is 140 Å². The molecule has 1 aromatic heterocycles. The molecule has 4 rings (SSSR count).